The van der Waals surface area contributed by atoms with Gasteiger partial charge in [-0.15, -0.1) is 0 Å². The van der Waals surface area contributed by atoms with Gasteiger partial charge in [-0.3, -0.25) is 9.97 Å². The fraction of sp³-hybridized carbons (Fsp3) is 0.176. The van der Waals surface area contributed by atoms with Gasteiger partial charge >= 0.3 is 0 Å². The van der Waals surface area contributed by atoms with Gasteiger partial charge < -0.3 is 5.11 Å². The molecule has 1 aromatic carbocycles. The SMILES string of the molecule is Cc1cncc(C(O)Cc2ccc3ccccc3n2)c1. The Kier molecular flexibility index (Phi) is 3.44. The number of hydrogen-bond acceptors (Lipinski definition) is 3. The number of pyridine rings is 2. The average molecular weight is 264 g/mol. The number of rotatable bonds is 3. The zero-order chi connectivity index (χ0) is 13.9. The van der Waals surface area contributed by atoms with Gasteiger partial charge in [0.15, 0.2) is 0 Å². The summed E-state index contributed by atoms with van der Waals surface area (Å²) >= 11 is 0. The number of benzene rings is 1. The highest BCUT2D eigenvalue weighted by Gasteiger charge is 2.10. The summed E-state index contributed by atoms with van der Waals surface area (Å²) in [5.41, 5.74) is 3.73. The lowest BCUT2D eigenvalue weighted by molar-refractivity contribution is 0.177. The molecule has 2 heterocycles. The largest absolute Gasteiger partial charge is 0.388 e. The van der Waals surface area contributed by atoms with E-state index in [2.05, 4.69) is 9.97 Å². The zero-order valence-electron chi connectivity index (χ0n) is 11.3. The molecule has 3 heteroatoms. The average Bonchev–Trinajstić information content (AvgIpc) is 2.47. The van der Waals surface area contributed by atoms with E-state index in [-0.39, 0.29) is 0 Å². The van der Waals surface area contributed by atoms with Crippen LogP contribution in [0.1, 0.15) is 22.9 Å². The zero-order valence-corrected chi connectivity index (χ0v) is 11.3. The van der Waals surface area contributed by atoms with Crippen molar-refractivity contribution in [3.8, 4) is 0 Å². The van der Waals surface area contributed by atoms with Gasteiger partial charge in [0, 0.05) is 29.9 Å². The summed E-state index contributed by atoms with van der Waals surface area (Å²) in [7, 11) is 0. The Balaban J connectivity index is 1.85. The lowest BCUT2D eigenvalue weighted by Crippen LogP contribution is -2.04. The first-order chi connectivity index (χ1) is 9.72. The molecular formula is C17H16N2O. The van der Waals surface area contributed by atoms with E-state index in [0.717, 1.165) is 27.7 Å². The summed E-state index contributed by atoms with van der Waals surface area (Å²) in [4.78, 5) is 8.70. The van der Waals surface area contributed by atoms with Crippen molar-refractivity contribution in [1.29, 1.82) is 0 Å². The number of nitrogens with zero attached hydrogens (tertiary/aromatic N) is 2. The van der Waals surface area contributed by atoms with Gasteiger partial charge in [0.05, 0.1) is 11.6 Å². The molecule has 2 aromatic heterocycles. The Morgan fingerprint density at radius 2 is 1.95 bits per heavy atom. The maximum Gasteiger partial charge on any atom is 0.0860 e. The van der Waals surface area contributed by atoms with E-state index in [0.29, 0.717) is 6.42 Å². The van der Waals surface area contributed by atoms with Gasteiger partial charge in [0.2, 0.25) is 0 Å². The maximum atomic E-state index is 10.3. The van der Waals surface area contributed by atoms with E-state index in [1.54, 1.807) is 12.4 Å². The van der Waals surface area contributed by atoms with Crippen LogP contribution >= 0.6 is 0 Å². The van der Waals surface area contributed by atoms with E-state index in [4.69, 9.17) is 0 Å². The molecule has 3 nitrogen and oxygen atoms in total. The third-order valence-corrected chi connectivity index (χ3v) is 3.34. The van der Waals surface area contributed by atoms with Crippen molar-refractivity contribution in [2.75, 3.05) is 0 Å². The fourth-order valence-corrected chi connectivity index (χ4v) is 2.30. The van der Waals surface area contributed by atoms with Crippen molar-refractivity contribution >= 4 is 10.9 Å². The van der Waals surface area contributed by atoms with Gasteiger partial charge in [-0.25, -0.2) is 0 Å². The van der Waals surface area contributed by atoms with Crippen molar-refractivity contribution in [2.24, 2.45) is 0 Å². The van der Waals surface area contributed by atoms with Crippen molar-refractivity contribution in [3.05, 3.63) is 71.7 Å². The topological polar surface area (TPSA) is 46.0 Å². The van der Waals surface area contributed by atoms with Crippen LogP contribution in [-0.4, -0.2) is 15.1 Å². The van der Waals surface area contributed by atoms with Gasteiger partial charge in [-0.1, -0.05) is 30.3 Å². The lowest BCUT2D eigenvalue weighted by Gasteiger charge is -2.11. The summed E-state index contributed by atoms with van der Waals surface area (Å²) in [6, 6.07) is 14.0. The number of hydrogen-bond donors (Lipinski definition) is 1. The molecule has 1 atom stereocenters. The summed E-state index contributed by atoms with van der Waals surface area (Å²) < 4.78 is 0. The maximum absolute atomic E-state index is 10.3. The molecule has 1 N–H and O–H groups in total. The van der Waals surface area contributed by atoms with Gasteiger partial charge in [0.1, 0.15) is 0 Å². The minimum absolute atomic E-state index is 0.496. The smallest absolute Gasteiger partial charge is 0.0860 e. The summed E-state index contributed by atoms with van der Waals surface area (Å²) in [5.74, 6) is 0. The Bertz CT molecular complexity index is 740. The molecule has 0 aliphatic rings. The van der Waals surface area contributed by atoms with Crippen LogP contribution in [0.5, 0.6) is 0 Å². The third kappa shape index (κ3) is 2.68. The highest BCUT2D eigenvalue weighted by Crippen LogP contribution is 2.19. The van der Waals surface area contributed by atoms with E-state index in [1.807, 2.05) is 49.4 Å². The van der Waals surface area contributed by atoms with Crippen LogP contribution in [0, 0.1) is 6.92 Å². The van der Waals surface area contributed by atoms with Crippen molar-refractivity contribution < 1.29 is 5.11 Å². The van der Waals surface area contributed by atoms with Crippen molar-refractivity contribution in [2.45, 2.75) is 19.4 Å². The van der Waals surface area contributed by atoms with E-state index < -0.39 is 6.10 Å². The van der Waals surface area contributed by atoms with E-state index >= 15 is 0 Å². The number of aliphatic hydroxyl groups is 1. The molecule has 3 aromatic rings. The van der Waals surface area contributed by atoms with E-state index in [9.17, 15) is 5.11 Å². The molecule has 0 radical (unpaired) electrons. The number of aromatic nitrogens is 2. The van der Waals surface area contributed by atoms with Crippen LogP contribution in [0.15, 0.2) is 54.9 Å². The highest BCUT2D eigenvalue weighted by molar-refractivity contribution is 5.78. The molecular weight excluding hydrogens is 248 g/mol. The second kappa shape index (κ2) is 5.39. The summed E-state index contributed by atoms with van der Waals surface area (Å²) in [6.07, 6.45) is 3.41. The number of fused-ring (bicyclic) bond motifs is 1. The Labute approximate surface area is 117 Å². The fourth-order valence-electron chi connectivity index (χ4n) is 2.30. The highest BCUT2D eigenvalue weighted by atomic mass is 16.3. The molecule has 0 aliphatic heterocycles. The molecule has 100 valence electrons. The van der Waals surface area contributed by atoms with Crippen molar-refractivity contribution in [1.82, 2.24) is 9.97 Å². The van der Waals surface area contributed by atoms with Gasteiger partial charge in [-0.05, 0) is 30.2 Å². The second-order valence-electron chi connectivity index (χ2n) is 5.01. The van der Waals surface area contributed by atoms with Crippen LogP contribution < -0.4 is 0 Å². The van der Waals surface area contributed by atoms with Gasteiger partial charge in [0.25, 0.3) is 0 Å². The first-order valence-electron chi connectivity index (χ1n) is 6.67. The summed E-state index contributed by atoms with van der Waals surface area (Å²) in [5, 5.41) is 11.4. The number of aliphatic hydroxyl groups excluding tert-OH is 1. The van der Waals surface area contributed by atoms with Crippen molar-refractivity contribution in [3.63, 3.8) is 0 Å². The normalized spacial score (nSPS) is 12.5. The Hall–Kier alpha value is -2.26. The van der Waals surface area contributed by atoms with E-state index in [1.165, 1.54) is 0 Å². The minimum atomic E-state index is -0.573. The first kappa shape index (κ1) is 12.8. The molecule has 3 rings (SSSR count). The Morgan fingerprint density at radius 3 is 2.80 bits per heavy atom. The molecule has 1 unspecified atom stereocenters. The molecule has 0 bridgehead atoms. The van der Waals surface area contributed by atoms with Crippen LogP contribution in [0.25, 0.3) is 10.9 Å². The molecule has 0 fully saturated rings. The second-order valence-corrected chi connectivity index (χ2v) is 5.01. The predicted octanol–water partition coefficient (Wildman–Crippen LogP) is 3.21. The summed E-state index contributed by atoms with van der Waals surface area (Å²) in [6.45, 7) is 1.97. The predicted molar refractivity (Wildman–Crippen MR) is 79.4 cm³/mol. The van der Waals surface area contributed by atoms with Crippen LogP contribution in [0.4, 0.5) is 0 Å². The minimum Gasteiger partial charge on any atom is -0.388 e. The first-order valence-corrected chi connectivity index (χ1v) is 6.67. The third-order valence-electron chi connectivity index (χ3n) is 3.34. The molecule has 0 spiro atoms. The van der Waals surface area contributed by atoms with Crippen LogP contribution in [-0.2, 0) is 6.42 Å². The van der Waals surface area contributed by atoms with Gasteiger partial charge in [-0.2, -0.15) is 0 Å². The quantitative estimate of drug-likeness (QED) is 0.790. The molecule has 20 heavy (non-hydrogen) atoms. The lowest BCUT2D eigenvalue weighted by atomic mass is 10.0. The standard InChI is InChI=1S/C17H16N2O/c1-12-8-14(11-18-10-12)17(20)9-15-7-6-13-4-2-3-5-16(13)19-15/h2-8,10-11,17,20H,9H2,1H3. The molecule has 0 aliphatic carbocycles. The number of para-hydroxylation sites is 1. The number of aryl methyl sites for hydroxylation is 1. The van der Waals surface area contributed by atoms with Crippen LogP contribution in [0.3, 0.4) is 0 Å². The molecule has 0 amide bonds. The molecule has 0 saturated carbocycles. The monoisotopic (exact) mass is 264 g/mol. The molecule has 0 saturated heterocycles. The van der Waals surface area contributed by atoms with Crippen LogP contribution in [0.2, 0.25) is 0 Å². The Morgan fingerprint density at radius 1 is 1.10 bits per heavy atom.